The van der Waals surface area contributed by atoms with E-state index in [1.807, 2.05) is 56.3 Å². The molecule has 204 valence electrons. The summed E-state index contributed by atoms with van der Waals surface area (Å²) in [7, 11) is 0. The van der Waals surface area contributed by atoms with Crippen LogP contribution in [0.2, 0.25) is 0 Å². The molecule has 9 heteroatoms. The van der Waals surface area contributed by atoms with Crippen molar-refractivity contribution in [3.63, 3.8) is 0 Å². The Morgan fingerprint density at radius 3 is 2.41 bits per heavy atom. The van der Waals surface area contributed by atoms with Crippen LogP contribution >= 0.6 is 0 Å². The number of aromatic nitrogens is 1. The summed E-state index contributed by atoms with van der Waals surface area (Å²) in [5.74, 6) is -2.93. The Bertz CT molecular complexity index is 1460. The Morgan fingerprint density at radius 1 is 1.03 bits per heavy atom. The van der Waals surface area contributed by atoms with Gasteiger partial charge in [-0.25, -0.2) is 4.79 Å². The van der Waals surface area contributed by atoms with Crippen molar-refractivity contribution in [1.82, 2.24) is 20.5 Å². The fourth-order valence-electron chi connectivity index (χ4n) is 5.85. The molecule has 3 aromatic rings. The molecule has 2 aromatic carbocycles. The van der Waals surface area contributed by atoms with Gasteiger partial charge < -0.3 is 25.6 Å². The zero-order valence-corrected chi connectivity index (χ0v) is 22.5. The zero-order valence-electron chi connectivity index (χ0n) is 22.5. The van der Waals surface area contributed by atoms with E-state index in [9.17, 15) is 24.3 Å². The topological polar surface area (TPSA) is 132 Å². The van der Waals surface area contributed by atoms with Gasteiger partial charge in [-0.3, -0.25) is 14.4 Å². The lowest BCUT2D eigenvalue weighted by molar-refractivity contribution is -0.144. The Balaban J connectivity index is 1.51. The molecule has 0 saturated carbocycles. The molecule has 0 saturated heterocycles. The van der Waals surface area contributed by atoms with Gasteiger partial charge in [-0.05, 0) is 35.1 Å². The number of carboxylic acids is 1. The van der Waals surface area contributed by atoms with E-state index in [-0.39, 0.29) is 17.7 Å². The third kappa shape index (κ3) is 4.45. The molecule has 39 heavy (non-hydrogen) atoms. The number of carbonyl (C=O) groups excluding carboxylic acids is 3. The molecule has 9 nitrogen and oxygen atoms in total. The molecule has 5 rings (SSSR count). The fourth-order valence-corrected chi connectivity index (χ4v) is 5.85. The predicted octanol–water partition coefficient (Wildman–Crippen LogP) is 3.39. The van der Waals surface area contributed by atoms with E-state index in [0.717, 1.165) is 27.7 Å². The number of amides is 3. The fraction of sp³-hybridized carbons (Fsp3) is 0.400. The molecule has 0 spiro atoms. The van der Waals surface area contributed by atoms with Crippen LogP contribution in [-0.2, 0) is 20.8 Å². The van der Waals surface area contributed by atoms with Gasteiger partial charge in [0.05, 0.1) is 6.04 Å². The minimum absolute atomic E-state index is 0.227. The van der Waals surface area contributed by atoms with Crippen LogP contribution in [0.25, 0.3) is 10.9 Å². The van der Waals surface area contributed by atoms with Gasteiger partial charge in [-0.2, -0.15) is 0 Å². The van der Waals surface area contributed by atoms with Crippen molar-refractivity contribution < 1.29 is 24.3 Å². The molecule has 0 aliphatic carbocycles. The predicted molar refractivity (Wildman–Crippen MR) is 146 cm³/mol. The minimum Gasteiger partial charge on any atom is -0.480 e. The van der Waals surface area contributed by atoms with Crippen molar-refractivity contribution >= 4 is 34.6 Å². The van der Waals surface area contributed by atoms with Gasteiger partial charge in [0.1, 0.15) is 18.1 Å². The van der Waals surface area contributed by atoms with Crippen molar-refractivity contribution in [1.29, 1.82) is 0 Å². The van der Waals surface area contributed by atoms with E-state index in [1.165, 1.54) is 0 Å². The maximum absolute atomic E-state index is 14.0. The Labute approximate surface area is 227 Å². The van der Waals surface area contributed by atoms with Gasteiger partial charge in [-0.1, -0.05) is 70.5 Å². The highest BCUT2D eigenvalue weighted by Gasteiger charge is 2.49. The van der Waals surface area contributed by atoms with Crippen molar-refractivity contribution in [2.75, 3.05) is 0 Å². The highest BCUT2D eigenvalue weighted by Crippen LogP contribution is 2.46. The first-order valence-electron chi connectivity index (χ1n) is 13.5. The summed E-state index contributed by atoms with van der Waals surface area (Å²) in [6.07, 6.45) is 0.881. The number of rotatable bonds is 8. The van der Waals surface area contributed by atoms with E-state index < -0.39 is 42.0 Å². The standard InChI is InChI=1S/C30H34N4O5/c1-5-16(4)24(28(36)32-23(15(2)3)30(38)39)33-27(35)22-14-20-17-10-8-9-13-21(17)31-25(20)26-18-11-6-7-12-19(18)29(37)34(22)26/h6-13,15-16,22-24,26,31H,5,14H2,1-4H3,(H,32,36)(H,33,35)(H,38,39)/t16?,22-,23+,24-,26?/m0/s1. The summed E-state index contributed by atoms with van der Waals surface area (Å²) in [4.78, 5) is 57.8. The van der Waals surface area contributed by atoms with Crippen LogP contribution in [0.15, 0.2) is 48.5 Å². The highest BCUT2D eigenvalue weighted by atomic mass is 16.4. The van der Waals surface area contributed by atoms with Gasteiger partial charge in [-0.15, -0.1) is 0 Å². The molecule has 3 amide bonds. The number of para-hydroxylation sites is 1. The first-order valence-corrected chi connectivity index (χ1v) is 13.5. The van der Waals surface area contributed by atoms with Crippen LogP contribution in [0, 0.1) is 11.8 Å². The maximum atomic E-state index is 14.0. The summed E-state index contributed by atoms with van der Waals surface area (Å²) in [6.45, 7) is 7.18. The minimum atomic E-state index is -1.13. The van der Waals surface area contributed by atoms with Gasteiger partial charge in [0.2, 0.25) is 11.8 Å². The molecule has 2 unspecified atom stereocenters. The average molecular weight is 531 g/mol. The van der Waals surface area contributed by atoms with Crippen molar-refractivity contribution in [3.05, 3.63) is 70.9 Å². The van der Waals surface area contributed by atoms with Crippen LogP contribution < -0.4 is 10.6 Å². The molecular weight excluding hydrogens is 496 g/mol. The number of hydrogen-bond donors (Lipinski definition) is 4. The maximum Gasteiger partial charge on any atom is 0.326 e. The molecule has 0 bridgehead atoms. The van der Waals surface area contributed by atoms with E-state index >= 15 is 0 Å². The first kappa shape index (κ1) is 26.5. The van der Waals surface area contributed by atoms with Gasteiger partial charge in [0.25, 0.3) is 5.91 Å². The van der Waals surface area contributed by atoms with E-state index in [1.54, 1.807) is 24.8 Å². The number of aliphatic carboxylic acids is 1. The summed E-state index contributed by atoms with van der Waals surface area (Å²) in [6, 6.07) is 11.9. The Kier molecular flexibility index (Phi) is 6.92. The number of nitrogens with zero attached hydrogens (tertiary/aromatic N) is 1. The summed E-state index contributed by atoms with van der Waals surface area (Å²) in [5, 5.41) is 16.1. The molecule has 4 N–H and O–H groups in total. The van der Waals surface area contributed by atoms with E-state index in [2.05, 4.69) is 15.6 Å². The molecule has 2 aliphatic rings. The summed E-state index contributed by atoms with van der Waals surface area (Å²) in [5.41, 5.74) is 4.21. The SMILES string of the molecule is CCC(C)[C@H](NC(=O)[C@@H]1Cc2c([nH]c3ccccc23)C2c3ccccc3C(=O)N21)C(=O)N[C@@H](C(=O)O)C(C)C. The van der Waals surface area contributed by atoms with Crippen LogP contribution in [0.1, 0.15) is 67.3 Å². The molecule has 0 fully saturated rings. The number of carboxylic acid groups (broad SMARTS) is 1. The van der Waals surface area contributed by atoms with Crippen LogP contribution in [0.4, 0.5) is 0 Å². The van der Waals surface area contributed by atoms with Gasteiger partial charge >= 0.3 is 5.97 Å². The lowest BCUT2D eigenvalue weighted by atomic mass is 9.89. The Morgan fingerprint density at radius 2 is 1.72 bits per heavy atom. The number of benzene rings is 2. The smallest absolute Gasteiger partial charge is 0.326 e. The molecule has 1 aromatic heterocycles. The van der Waals surface area contributed by atoms with Gasteiger partial charge in [0, 0.05) is 28.6 Å². The number of fused-ring (bicyclic) bond motifs is 7. The second kappa shape index (κ2) is 10.2. The van der Waals surface area contributed by atoms with E-state index in [4.69, 9.17) is 0 Å². The lowest BCUT2D eigenvalue weighted by Crippen LogP contribution is -2.59. The van der Waals surface area contributed by atoms with Crippen molar-refractivity contribution in [3.8, 4) is 0 Å². The lowest BCUT2D eigenvalue weighted by Gasteiger charge is -2.38. The molecule has 2 aliphatic heterocycles. The van der Waals surface area contributed by atoms with Crippen molar-refractivity contribution in [2.24, 2.45) is 11.8 Å². The van der Waals surface area contributed by atoms with Crippen molar-refractivity contribution in [2.45, 2.75) is 64.7 Å². The van der Waals surface area contributed by atoms with Crippen LogP contribution in [0.5, 0.6) is 0 Å². The second-order valence-corrected chi connectivity index (χ2v) is 10.9. The number of nitrogens with one attached hydrogen (secondary N) is 3. The largest absolute Gasteiger partial charge is 0.480 e. The molecule has 5 atom stereocenters. The molecule has 3 heterocycles. The number of hydrogen-bond acceptors (Lipinski definition) is 4. The summed E-state index contributed by atoms with van der Waals surface area (Å²) >= 11 is 0. The number of H-pyrrole nitrogens is 1. The average Bonchev–Trinajstić information content (AvgIpc) is 3.44. The normalized spacial score (nSPS) is 20.1. The van der Waals surface area contributed by atoms with Crippen LogP contribution in [-0.4, -0.2) is 56.8 Å². The second-order valence-electron chi connectivity index (χ2n) is 10.9. The van der Waals surface area contributed by atoms with Crippen LogP contribution in [0.3, 0.4) is 0 Å². The zero-order chi connectivity index (χ0) is 28.0. The highest BCUT2D eigenvalue weighted by molar-refractivity contribution is 6.04. The number of aromatic amines is 1. The Hall–Kier alpha value is -4.14. The number of carbonyl (C=O) groups is 4. The summed E-state index contributed by atoms with van der Waals surface area (Å²) < 4.78 is 0. The third-order valence-corrected chi connectivity index (χ3v) is 8.18. The van der Waals surface area contributed by atoms with Gasteiger partial charge in [0.15, 0.2) is 0 Å². The molecular formula is C30H34N4O5. The monoisotopic (exact) mass is 530 g/mol. The quantitative estimate of drug-likeness (QED) is 0.355. The molecule has 0 radical (unpaired) electrons. The van der Waals surface area contributed by atoms with E-state index in [0.29, 0.717) is 18.4 Å². The third-order valence-electron chi connectivity index (χ3n) is 8.18. The first-order chi connectivity index (χ1) is 18.6.